The smallest absolute Gasteiger partial charge is 0.166 e. The molecule has 0 saturated carbocycles. The van der Waals surface area contributed by atoms with Crippen molar-refractivity contribution in [2.45, 2.75) is 10.9 Å². The molecule has 1 atom stereocenters. The normalized spacial score (nSPS) is 22.8. The fourth-order valence-electron chi connectivity index (χ4n) is 1.57. The molecule has 16 heavy (non-hydrogen) atoms. The lowest BCUT2D eigenvalue weighted by molar-refractivity contribution is 0.0973. The van der Waals surface area contributed by atoms with E-state index in [1.54, 1.807) is 0 Å². The highest BCUT2D eigenvalue weighted by Crippen LogP contribution is 2.25. The number of halogens is 1. The second-order valence-corrected chi connectivity index (χ2v) is 5.11. The lowest BCUT2D eigenvalue weighted by Gasteiger charge is -2.25. The van der Waals surface area contributed by atoms with Crippen LogP contribution in [0.1, 0.15) is 16.8 Å². The number of carbonyl (C=O) groups is 1. The molecule has 0 radical (unpaired) electrons. The fourth-order valence-corrected chi connectivity index (χ4v) is 2.11. The predicted octanol–water partition coefficient (Wildman–Crippen LogP) is 3.02. The number of Topliss-reactive ketones (excluding diaryl/α,β-unsaturated/α-hetero) is 1. The average Bonchev–Trinajstić information content (AvgIpc) is 2.30. The van der Waals surface area contributed by atoms with Crippen LogP contribution in [0.2, 0.25) is 0 Å². The van der Waals surface area contributed by atoms with Crippen molar-refractivity contribution in [3.8, 4) is 0 Å². The Kier molecular flexibility index (Phi) is 3.25. The number of dihydropyridines is 1. The highest BCUT2D eigenvalue weighted by molar-refractivity contribution is 9.10. The maximum absolute atomic E-state index is 12.0. The Morgan fingerprint density at radius 2 is 2.00 bits per heavy atom. The van der Waals surface area contributed by atoms with Crippen molar-refractivity contribution in [3.63, 3.8) is 0 Å². The third-order valence-electron chi connectivity index (χ3n) is 2.40. The number of allylic oxidation sites excluding steroid dienone is 2. The summed E-state index contributed by atoms with van der Waals surface area (Å²) < 4.78 is -0.450. The van der Waals surface area contributed by atoms with E-state index >= 15 is 0 Å². The van der Waals surface area contributed by atoms with Crippen molar-refractivity contribution in [1.29, 1.82) is 0 Å². The number of ketones is 1. The molecule has 0 spiro atoms. The number of alkyl halides is 1. The summed E-state index contributed by atoms with van der Waals surface area (Å²) in [5.41, 5.74) is 0.742. The average molecular weight is 278 g/mol. The minimum atomic E-state index is -0.450. The van der Waals surface area contributed by atoms with Gasteiger partial charge in [-0.05, 0) is 18.4 Å². The highest BCUT2D eigenvalue weighted by atomic mass is 79.9. The van der Waals surface area contributed by atoms with Gasteiger partial charge in [0.2, 0.25) is 0 Å². The Morgan fingerprint density at radius 1 is 1.25 bits per heavy atom. The highest BCUT2D eigenvalue weighted by Gasteiger charge is 2.26. The van der Waals surface area contributed by atoms with E-state index < -0.39 is 4.45 Å². The first-order valence-electron chi connectivity index (χ1n) is 5.09. The maximum Gasteiger partial charge on any atom is 0.166 e. The van der Waals surface area contributed by atoms with E-state index in [0.717, 1.165) is 5.56 Å². The summed E-state index contributed by atoms with van der Waals surface area (Å²) in [5.74, 6) is 0.116. The minimum Gasteiger partial charge on any atom is -0.373 e. The zero-order valence-electron chi connectivity index (χ0n) is 8.69. The summed E-state index contributed by atoms with van der Waals surface area (Å²) in [4.78, 5) is 12.0. The van der Waals surface area contributed by atoms with Crippen LogP contribution in [0.5, 0.6) is 0 Å². The molecule has 1 heterocycles. The molecule has 0 fully saturated rings. The van der Waals surface area contributed by atoms with Crippen LogP contribution in [-0.2, 0) is 0 Å². The number of nitrogens with one attached hydrogen (secondary N) is 1. The summed E-state index contributed by atoms with van der Waals surface area (Å²) in [6.45, 7) is 0. The SMILES string of the molecule is O=C(CC1(Br)C=CC=CN1)c1ccccc1. The summed E-state index contributed by atoms with van der Waals surface area (Å²) in [6, 6.07) is 9.32. The molecule has 0 aliphatic carbocycles. The molecule has 1 aliphatic heterocycles. The quantitative estimate of drug-likeness (QED) is 0.523. The van der Waals surface area contributed by atoms with E-state index in [2.05, 4.69) is 21.2 Å². The molecule has 1 aliphatic rings. The van der Waals surface area contributed by atoms with Crippen LogP contribution in [0.15, 0.2) is 54.8 Å². The third kappa shape index (κ3) is 2.61. The van der Waals surface area contributed by atoms with E-state index in [4.69, 9.17) is 0 Å². The van der Waals surface area contributed by atoms with Gasteiger partial charge >= 0.3 is 0 Å². The zero-order valence-corrected chi connectivity index (χ0v) is 10.3. The van der Waals surface area contributed by atoms with Gasteiger partial charge in [0.05, 0.1) is 0 Å². The van der Waals surface area contributed by atoms with Crippen LogP contribution in [-0.4, -0.2) is 10.2 Å². The standard InChI is InChI=1S/C13H12BrNO/c14-13(8-4-5-9-15-13)10-12(16)11-6-2-1-3-7-11/h1-9,15H,10H2. The molecule has 0 saturated heterocycles. The Balaban J connectivity index is 2.08. The summed E-state index contributed by atoms with van der Waals surface area (Å²) in [6.07, 6.45) is 7.97. The zero-order chi connectivity index (χ0) is 11.4. The number of rotatable bonds is 3. The van der Waals surface area contributed by atoms with Crippen molar-refractivity contribution in [1.82, 2.24) is 5.32 Å². The molecule has 3 heteroatoms. The molecule has 82 valence electrons. The maximum atomic E-state index is 12.0. The summed E-state index contributed by atoms with van der Waals surface area (Å²) in [5, 5.41) is 3.12. The lowest BCUT2D eigenvalue weighted by atomic mass is 10.0. The summed E-state index contributed by atoms with van der Waals surface area (Å²) in [7, 11) is 0. The van der Waals surface area contributed by atoms with Gasteiger partial charge in [0.25, 0.3) is 0 Å². The van der Waals surface area contributed by atoms with E-state index in [1.807, 2.05) is 54.8 Å². The minimum absolute atomic E-state index is 0.116. The van der Waals surface area contributed by atoms with E-state index in [1.165, 1.54) is 0 Å². The molecule has 1 aromatic carbocycles. The van der Waals surface area contributed by atoms with E-state index in [9.17, 15) is 4.79 Å². The van der Waals surface area contributed by atoms with Gasteiger partial charge in [-0.15, -0.1) is 0 Å². The van der Waals surface area contributed by atoms with Gasteiger partial charge in [0.1, 0.15) is 4.45 Å². The molecule has 1 unspecified atom stereocenters. The summed E-state index contributed by atoms with van der Waals surface area (Å²) >= 11 is 3.52. The van der Waals surface area contributed by atoms with Gasteiger partial charge < -0.3 is 5.32 Å². The first-order chi connectivity index (χ1) is 7.70. The molecule has 2 rings (SSSR count). The monoisotopic (exact) mass is 277 g/mol. The van der Waals surface area contributed by atoms with Crippen LogP contribution in [0.4, 0.5) is 0 Å². The number of hydrogen-bond donors (Lipinski definition) is 1. The van der Waals surface area contributed by atoms with Gasteiger partial charge in [-0.3, -0.25) is 4.79 Å². The molecule has 1 N–H and O–H groups in total. The number of carbonyl (C=O) groups excluding carboxylic acids is 1. The van der Waals surface area contributed by atoms with E-state index in [-0.39, 0.29) is 5.78 Å². The van der Waals surface area contributed by atoms with Crippen LogP contribution < -0.4 is 5.32 Å². The second-order valence-electron chi connectivity index (χ2n) is 3.69. The van der Waals surface area contributed by atoms with Crippen molar-refractivity contribution >= 4 is 21.7 Å². The predicted molar refractivity (Wildman–Crippen MR) is 68.5 cm³/mol. The molecular formula is C13H12BrNO. The van der Waals surface area contributed by atoms with Crippen molar-refractivity contribution < 1.29 is 4.79 Å². The molecular weight excluding hydrogens is 266 g/mol. The molecule has 0 amide bonds. The van der Waals surface area contributed by atoms with Gasteiger partial charge in [-0.25, -0.2) is 0 Å². The topological polar surface area (TPSA) is 29.1 Å². The largest absolute Gasteiger partial charge is 0.373 e. The van der Waals surface area contributed by atoms with Gasteiger partial charge in [-0.2, -0.15) is 0 Å². The molecule has 1 aromatic rings. The Labute approximate surface area is 103 Å². The van der Waals surface area contributed by atoms with Crippen LogP contribution in [0, 0.1) is 0 Å². The first kappa shape index (κ1) is 11.1. The third-order valence-corrected chi connectivity index (χ3v) is 3.18. The van der Waals surface area contributed by atoms with E-state index in [0.29, 0.717) is 6.42 Å². The van der Waals surface area contributed by atoms with Gasteiger partial charge in [0, 0.05) is 12.0 Å². The Hall–Kier alpha value is -1.35. The molecule has 0 aromatic heterocycles. The number of hydrogen-bond acceptors (Lipinski definition) is 2. The Morgan fingerprint density at radius 3 is 2.62 bits per heavy atom. The number of benzene rings is 1. The van der Waals surface area contributed by atoms with Gasteiger partial charge in [-0.1, -0.05) is 52.3 Å². The van der Waals surface area contributed by atoms with Crippen molar-refractivity contribution in [2.75, 3.05) is 0 Å². The second kappa shape index (κ2) is 4.66. The molecule has 2 nitrogen and oxygen atoms in total. The van der Waals surface area contributed by atoms with Crippen LogP contribution in [0.3, 0.4) is 0 Å². The fraction of sp³-hybridized carbons (Fsp3) is 0.154. The molecule has 0 bridgehead atoms. The first-order valence-corrected chi connectivity index (χ1v) is 5.88. The lowest BCUT2D eigenvalue weighted by Crippen LogP contribution is -2.37. The van der Waals surface area contributed by atoms with Crippen molar-refractivity contribution in [2.24, 2.45) is 0 Å². The van der Waals surface area contributed by atoms with Crippen LogP contribution in [0.25, 0.3) is 0 Å². The Bertz CT molecular complexity index is 439. The van der Waals surface area contributed by atoms with Crippen LogP contribution >= 0.6 is 15.9 Å². The van der Waals surface area contributed by atoms with Crippen molar-refractivity contribution in [3.05, 3.63) is 60.3 Å². The van der Waals surface area contributed by atoms with Gasteiger partial charge in [0.15, 0.2) is 5.78 Å².